The molecule has 21 heavy (non-hydrogen) atoms. The maximum absolute atomic E-state index is 12.7. The van der Waals surface area contributed by atoms with E-state index in [4.69, 9.17) is 5.73 Å². The van der Waals surface area contributed by atoms with E-state index in [2.05, 4.69) is 10.4 Å². The molecule has 0 radical (unpaired) electrons. The summed E-state index contributed by atoms with van der Waals surface area (Å²) >= 11 is 0. The SMILES string of the molecule is CCNC(=O)[C@@H]1C[C@@H](N)CN1C(=O)c1cnn(CC)c1C. The summed E-state index contributed by atoms with van der Waals surface area (Å²) in [7, 11) is 0. The second-order valence-electron chi connectivity index (χ2n) is 5.32. The van der Waals surface area contributed by atoms with Crippen LogP contribution in [0.5, 0.6) is 0 Å². The lowest BCUT2D eigenvalue weighted by Crippen LogP contribution is -2.46. The number of hydrogen-bond donors (Lipinski definition) is 2. The van der Waals surface area contributed by atoms with Gasteiger partial charge in [-0.2, -0.15) is 5.10 Å². The molecule has 7 nitrogen and oxygen atoms in total. The largest absolute Gasteiger partial charge is 0.355 e. The van der Waals surface area contributed by atoms with Crippen LogP contribution in [0.1, 0.15) is 36.3 Å². The number of nitrogens with one attached hydrogen (secondary N) is 1. The number of aromatic nitrogens is 2. The van der Waals surface area contributed by atoms with Crippen LogP contribution in [0.15, 0.2) is 6.20 Å². The molecule has 2 amide bonds. The molecule has 1 fully saturated rings. The van der Waals surface area contributed by atoms with Gasteiger partial charge in [-0.05, 0) is 27.2 Å². The monoisotopic (exact) mass is 293 g/mol. The molecule has 1 saturated heterocycles. The molecule has 2 atom stereocenters. The topological polar surface area (TPSA) is 93.2 Å². The minimum absolute atomic E-state index is 0.140. The van der Waals surface area contributed by atoms with Gasteiger partial charge in [0.1, 0.15) is 6.04 Å². The molecule has 0 spiro atoms. The zero-order valence-electron chi connectivity index (χ0n) is 12.8. The normalized spacial score (nSPS) is 21.6. The molecule has 1 aliphatic rings. The third kappa shape index (κ3) is 2.92. The Hall–Kier alpha value is -1.89. The van der Waals surface area contributed by atoms with Crippen LogP contribution in [0, 0.1) is 6.92 Å². The van der Waals surface area contributed by atoms with E-state index in [1.165, 1.54) is 0 Å². The highest BCUT2D eigenvalue weighted by Crippen LogP contribution is 2.21. The van der Waals surface area contributed by atoms with E-state index in [0.29, 0.717) is 31.6 Å². The predicted molar refractivity (Wildman–Crippen MR) is 78.7 cm³/mol. The third-order valence-corrected chi connectivity index (χ3v) is 3.88. The highest BCUT2D eigenvalue weighted by Gasteiger charge is 2.39. The van der Waals surface area contributed by atoms with Crippen LogP contribution >= 0.6 is 0 Å². The van der Waals surface area contributed by atoms with Crippen LogP contribution in [-0.2, 0) is 11.3 Å². The van der Waals surface area contributed by atoms with Gasteiger partial charge in [-0.15, -0.1) is 0 Å². The minimum Gasteiger partial charge on any atom is -0.355 e. The lowest BCUT2D eigenvalue weighted by molar-refractivity contribution is -0.124. The first-order valence-electron chi connectivity index (χ1n) is 7.36. The van der Waals surface area contributed by atoms with E-state index >= 15 is 0 Å². The number of nitrogens with two attached hydrogens (primary N) is 1. The first-order chi connectivity index (χ1) is 9.99. The van der Waals surface area contributed by atoms with Crippen molar-refractivity contribution in [1.29, 1.82) is 0 Å². The van der Waals surface area contributed by atoms with Crippen LogP contribution in [0.25, 0.3) is 0 Å². The zero-order valence-corrected chi connectivity index (χ0v) is 12.8. The number of likely N-dealkylation sites (tertiary alicyclic amines) is 1. The molecule has 0 unspecified atom stereocenters. The highest BCUT2D eigenvalue weighted by atomic mass is 16.2. The summed E-state index contributed by atoms with van der Waals surface area (Å²) in [6.07, 6.45) is 2.07. The Labute approximate surface area is 124 Å². The number of likely N-dealkylation sites (N-methyl/N-ethyl adjacent to an activating group) is 1. The van der Waals surface area contributed by atoms with Gasteiger partial charge >= 0.3 is 0 Å². The Morgan fingerprint density at radius 3 is 2.76 bits per heavy atom. The number of amides is 2. The summed E-state index contributed by atoms with van der Waals surface area (Å²) in [5, 5.41) is 6.96. The maximum Gasteiger partial charge on any atom is 0.258 e. The van der Waals surface area contributed by atoms with Crippen molar-refractivity contribution in [2.24, 2.45) is 5.73 Å². The Morgan fingerprint density at radius 2 is 2.19 bits per heavy atom. The van der Waals surface area contributed by atoms with Gasteiger partial charge in [-0.1, -0.05) is 0 Å². The first-order valence-corrected chi connectivity index (χ1v) is 7.36. The van der Waals surface area contributed by atoms with Crippen LogP contribution in [0.4, 0.5) is 0 Å². The molecule has 1 aliphatic heterocycles. The Balaban J connectivity index is 2.23. The average molecular weight is 293 g/mol. The molecule has 0 saturated carbocycles. The Bertz CT molecular complexity index is 539. The van der Waals surface area contributed by atoms with Crippen LogP contribution in [0.3, 0.4) is 0 Å². The maximum atomic E-state index is 12.7. The van der Waals surface area contributed by atoms with Crippen molar-refractivity contribution < 1.29 is 9.59 Å². The van der Waals surface area contributed by atoms with E-state index in [1.54, 1.807) is 15.8 Å². The van der Waals surface area contributed by atoms with Crippen molar-refractivity contribution in [3.05, 3.63) is 17.5 Å². The molecular weight excluding hydrogens is 270 g/mol. The number of aryl methyl sites for hydroxylation is 1. The first kappa shape index (κ1) is 15.5. The van der Waals surface area contributed by atoms with Crippen LogP contribution in [0.2, 0.25) is 0 Å². The fourth-order valence-electron chi connectivity index (χ4n) is 2.76. The van der Waals surface area contributed by atoms with Gasteiger partial charge in [-0.3, -0.25) is 14.3 Å². The number of carbonyl (C=O) groups excluding carboxylic acids is 2. The fourth-order valence-corrected chi connectivity index (χ4v) is 2.76. The van der Waals surface area contributed by atoms with Crippen LogP contribution < -0.4 is 11.1 Å². The Morgan fingerprint density at radius 1 is 1.48 bits per heavy atom. The number of carbonyl (C=O) groups is 2. The van der Waals surface area contributed by atoms with Gasteiger partial charge < -0.3 is 16.0 Å². The van der Waals surface area contributed by atoms with E-state index in [9.17, 15) is 9.59 Å². The summed E-state index contributed by atoms with van der Waals surface area (Å²) in [6, 6.07) is -0.653. The van der Waals surface area contributed by atoms with Crippen molar-refractivity contribution in [3.63, 3.8) is 0 Å². The van der Waals surface area contributed by atoms with Crippen molar-refractivity contribution in [3.8, 4) is 0 Å². The fraction of sp³-hybridized carbons (Fsp3) is 0.643. The minimum atomic E-state index is -0.489. The molecule has 0 bridgehead atoms. The van der Waals surface area contributed by atoms with Crippen molar-refractivity contribution >= 4 is 11.8 Å². The average Bonchev–Trinajstić information content (AvgIpc) is 3.01. The summed E-state index contributed by atoms with van der Waals surface area (Å²) in [5.74, 6) is -0.310. The van der Waals surface area contributed by atoms with Crippen molar-refractivity contribution in [2.75, 3.05) is 13.1 Å². The van der Waals surface area contributed by atoms with Gasteiger partial charge in [0.15, 0.2) is 0 Å². The molecule has 3 N–H and O–H groups in total. The summed E-state index contributed by atoms with van der Waals surface area (Å²) in [5.41, 5.74) is 7.30. The molecule has 116 valence electrons. The summed E-state index contributed by atoms with van der Waals surface area (Å²) in [4.78, 5) is 26.4. The summed E-state index contributed by atoms with van der Waals surface area (Å²) < 4.78 is 1.77. The molecule has 0 aliphatic carbocycles. The van der Waals surface area contributed by atoms with Gasteiger partial charge in [0.25, 0.3) is 5.91 Å². The third-order valence-electron chi connectivity index (χ3n) is 3.88. The quantitative estimate of drug-likeness (QED) is 0.810. The molecule has 7 heteroatoms. The summed E-state index contributed by atoms with van der Waals surface area (Å²) in [6.45, 7) is 7.34. The van der Waals surface area contributed by atoms with Gasteiger partial charge in [-0.25, -0.2) is 0 Å². The van der Waals surface area contributed by atoms with Crippen molar-refractivity contribution in [2.45, 2.75) is 45.8 Å². The lowest BCUT2D eigenvalue weighted by Gasteiger charge is -2.23. The molecule has 0 aromatic carbocycles. The van der Waals surface area contributed by atoms with E-state index in [0.717, 1.165) is 5.69 Å². The second kappa shape index (κ2) is 6.26. The highest BCUT2D eigenvalue weighted by molar-refractivity contribution is 5.98. The molecule has 2 heterocycles. The van der Waals surface area contributed by atoms with Gasteiger partial charge in [0, 0.05) is 31.4 Å². The lowest BCUT2D eigenvalue weighted by atomic mass is 10.1. The second-order valence-corrected chi connectivity index (χ2v) is 5.32. The van der Waals surface area contributed by atoms with Crippen molar-refractivity contribution in [1.82, 2.24) is 20.0 Å². The molecule has 2 rings (SSSR count). The molecular formula is C14H23N5O2. The van der Waals surface area contributed by atoms with E-state index in [1.807, 2.05) is 20.8 Å². The number of hydrogen-bond acceptors (Lipinski definition) is 4. The number of rotatable bonds is 4. The van der Waals surface area contributed by atoms with Gasteiger partial charge in [0.2, 0.25) is 5.91 Å². The molecule has 1 aromatic heterocycles. The van der Waals surface area contributed by atoms with Crippen LogP contribution in [-0.4, -0.2) is 51.7 Å². The smallest absolute Gasteiger partial charge is 0.258 e. The standard InChI is InChI=1S/C14H23N5O2/c1-4-16-13(20)12-6-10(15)8-18(12)14(21)11-7-17-19(5-2)9(11)3/h7,10,12H,4-6,8,15H2,1-3H3,(H,16,20)/t10-,12+/m1/s1. The number of nitrogens with zero attached hydrogens (tertiary/aromatic N) is 3. The Kier molecular flexibility index (Phi) is 4.62. The van der Waals surface area contributed by atoms with E-state index in [-0.39, 0.29) is 17.9 Å². The predicted octanol–water partition coefficient (Wildman–Crippen LogP) is -0.111. The van der Waals surface area contributed by atoms with Gasteiger partial charge in [0.05, 0.1) is 11.8 Å². The molecule has 1 aromatic rings. The van der Waals surface area contributed by atoms with E-state index < -0.39 is 6.04 Å². The zero-order chi connectivity index (χ0) is 15.6.